The second-order valence-corrected chi connectivity index (χ2v) is 4.26. The number of carbonyl (C=O) groups excluding carboxylic acids is 1. The van der Waals surface area contributed by atoms with Crippen molar-refractivity contribution in [3.63, 3.8) is 0 Å². The molecule has 15 heavy (non-hydrogen) atoms. The number of carbonyl (C=O) groups is 1. The topological polar surface area (TPSA) is 67.6 Å². The number of morpholine rings is 1. The van der Waals surface area contributed by atoms with Crippen LogP contribution in [0.5, 0.6) is 0 Å². The molecule has 1 unspecified atom stereocenters. The fourth-order valence-corrected chi connectivity index (χ4v) is 2.32. The monoisotopic (exact) mass is 213 g/mol. The summed E-state index contributed by atoms with van der Waals surface area (Å²) in [5.74, 6) is -0.344. The van der Waals surface area contributed by atoms with Crippen LogP contribution < -0.4 is 11.1 Å². The number of piperidine rings is 1. The molecule has 86 valence electrons. The summed E-state index contributed by atoms with van der Waals surface area (Å²) in [6.45, 7) is 4.31. The summed E-state index contributed by atoms with van der Waals surface area (Å²) in [6, 6.07) is 0.546. The van der Waals surface area contributed by atoms with Crippen LogP contribution in [0.4, 0.5) is 0 Å². The molecule has 0 spiro atoms. The molecular weight excluding hydrogens is 194 g/mol. The third-order valence-electron chi connectivity index (χ3n) is 3.20. The molecule has 0 saturated carbocycles. The van der Waals surface area contributed by atoms with Crippen LogP contribution >= 0.6 is 0 Å². The van der Waals surface area contributed by atoms with Crippen molar-refractivity contribution in [2.24, 2.45) is 5.73 Å². The van der Waals surface area contributed by atoms with Gasteiger partial charge in [0.25, 0.3) is 0 Å². The standard InChI is InChI=1S/C10H19N3O2/c11-10(14)9-7-13(4-5-15-9)8-2-1-3-12-6-8/h8-9,12H,1-7H2,(H2,11,14)/t8-,9?/m0/s1. The highest BCUT2D eigenvalue weighted by molar-refractivity contribution is 5.79. The third-order valence-corrected chi connectivity index (χ3v) is 3.20. The van der Waals surface area contributed by atoms with E-state index in [1.54, 1.807) is 0 Å². The summed E-state index contributed by atoms with van der Waals surface area (Å²) in [7, 11) is 0. The minimum absolute atomic E-state index is 0.344. The summed E-state index contributed by atoms with van der Waals surface area (Å²) in [5.41, 5.74) is 5.25. The Balaban J connectivity index is 1.88. The summed E-state index contributed by atoms with van der Waals surface area (Å²) in [6.07, 6.45) is 2.00. The molecular formula is C10H19N3O2. The normalized spacial score (nSPS) is 33.9. The fraction of sp³-hybridized carbons (Fsp3) is 0.900. The van der Waals surface area contributed by atoms with Gasteiger partial charge < -0.3 is 15.8 Å². The molecule has 0 aromatic rings. The van der Waals surface area contributed by atoms with Gasteiger partial charge in [-0.15, -0.1) is 0 Å². The Labute approximate surface area is 89.9 Å². The molecule has 2 rings (SSSR count). The lowest BCUT2D eigenvalue weighted by molar-refractivity contribution is -0.136. The van der Waals surface area contributed by atoms with E-state index in [1.165, 1.54) is 12.8 Å². The molecule has 0 aromatic carbocycles. The Morgan fingerprint density at radius 3 is 3.07 bits per heavy atom. The third kappa shape index (κ3) is 2.68. The van der Waals surface area contributed by atoms with Crippen LogP contribution in [-0.2, 0) is 9.53 Å². The van der Waals surface area contributed by atoms with E-state index in [9.17, 15) is 4.79 Å². The van der Waals surface area contributed by atoms with Crippen molar-refractivity contribution < 1.29 is 9.53 Å². The highest BCUT2D eigenvalue weighted by Crippen LogP contribution is 2.14. The lowest BCUT2D eigenvalue weighted by Crippen LogP contribution is -2.55. The van der Waals surface area contributed by atoms with Crippen molar-refractivity contribution in [2.75, 3.05) is 32.8 Å². The zero-order chi connectivity index (χ0) is 10.7. The maximum Gasteiger partial charge on any atom is 0.247 e. The maximum absolute atomic E-state index is 11.0. The first kappa shape index (κ1) is 10.9. The van der Waals surface area contributed by atoms with Gasteiger partial charge >= 0.3 is 0 Å². The summed E-state index contributed by atoms with van der Waals surface area (Å²) in [4.78, 5) is 13.4. The minimum Gasteiger partial charge on any atom is -0.367 e. The number of nitrogens with one attached hydrogen (secondary N) is 1. The molecule has 1 amide bonds. The van der Waals surface area contributed by atoms with E-state index in [2.05, 4.69) is 10.2 Å². The minimum atomic E-state index is -0.416. The Kier molecular flexibility index (Phi) is 3.56. The van der Waals surface area contributed by atoms with Gasteiger partial charge in [-0.3, -0.25) is 9.69 Å². The van der Waals surface area contributed by atoms with E-state index >= 15 is 0 Å². The summed E-state index contributed by atoms with van der Waals surface area (Å²) >= 11 is 0. The van der Waals surface area contributed by atoms with Crippen LogP contribution in [0.2, 0.25) is 0 Å². The molecule has 2 heterocycles. The number of hydrogen-bond donors (Lipinski definition) is 2. The van der Waals surface area contributed by atoms with Gasteiger partial charge in [-0.1, -0.05) is 0 Å². The average molecular weight is 213 g/mol. The van der Waals surface area contributed by atoms with Gasteiger partial charge in [0.1, 0.15) is 6.10 Å². The van der Waals surface area contributed by atoms with Crippen molar-refractivity contribution in [1.82, 2.24) is 10.2 Å². The molecule has 0 radical (unpaired) electrons. The largest absolute Gasteiger partial charge is 0.367 e. The summed E-state index contributed by atoms with van der Waals surface area (Å²) in [5, 5.41) is 3.38. The number of hydrogen-bond acceptors (Lipinski definition) is 4. The average Bonchev–Trinajstić information content (AvgIpc) is 2.30. The van der Waals surface area contributed by atoms with Crippen LogP contribution in [0.3, 0.4) is 0 Å². The lowest BCUT2D eigenvalue weighted by Gasteiger charge is -2.39. The SMILES string of the molecule is NC(=O)C1CN([C@H]2CCCNC2)CCO1. The van der Waals surface area contributed by atoms with Gasteiger partial charge in [-0.05, 0) is 19.4 Å². The van der Waals surface area contributed by atoms with E-state index in [4.69, 9.17) is 10.5 Å². The Morgan fingerprint density at radius 1 is 1.53 bits per heavy atom. The predicted octanol–water partition coefficient (Wildman–Crippen LogP) is -1.08. The zero-order valence-corrected chi connectivity index (χ0v) is 8.95. The van der Waals surface area contributed by atoms with Gasteiger partial charge in [0.15, 0.2) is 0 Å². The molecule has 5 nitrogen and oxygen atoms in total. The highest BCUT2D eigenvalue weighted by Gasteiger charge is 2.29. The quantitative estimate of drug-likeness (QED) is 0.612. The molecule has 2 aliphatic rings. The Bertz CT molecular complexity index is 229. The molecule has 3 N–H and O–H groups in total. The number of amides is 1. The van der Waals surface area contributed by atoms with Gasteiger partial charge in [0.05, 0.1) is 6.61 Å². The van der Waals surface area contributed by atoms with Gasteiger partial charge in [-0.25, -0.2) is 0 Å². The lowest BCUT2D eigenvalue weighted by atomic mass is 10.0. The second kappa shape index (κ2) is 4.92. The molecule has 2 aliphatic heterocycles. The first-order chi connectivity index (χ1) is 7.27. The fourth-order valence-electron chi connectivity index (χ4n) is 2.32. The van der Waals surface area contributed by atoms with Crippen molar-refractivity contribution in [1.29, 1.82) is 0 Å². The Hall–Kier alpha value is -0.650. The first-order valence-electron chi connectivity index (χ1n) is 5.63. The van der Waals surface area contributed by atoms with Crippen LogP contribution in [0.25, 0.3) is 0 Å². The summed E-state index contributed by atoms with van der Waals surface area (Å²) < 4.78 is 5.32. The van der Waals surface area contributed by atoms with Crippen molar-refractivity contribution in [2.45, 2.75) is 25.0 Å². The first-order valence-corrected chi connectivity index (χ1v) is 5.63. The molecule has 2 fully saturated rings. The van der Waals surface area contributed by atoms with Gasteiger partial charge in [0, 0.05) is 25.7 Å². The highest BCUT2D eigenvalue weighted by atomic mass is 16.5. The number of primary amides is 1. The van der Waals surface area contributed by atoms with Crippen LogP contribution in [0, 0.1) is 0 Å². The van der Waals surface area contributed by atoms with Crippen LogP contribution in [0.15, 0.2) is 0 Å². The van der Waals surface area contributed by atoms with Crippen molar-refractivity contribution >= 4 is 5.91 Å². The van der Waals surface area contributed by atoms with Crippen molar-refractivity contribution in [3.8, 4) is 0 Å². The maximum atomic E-state index is 11.0. The van der Waals surface area contributed by atoms with E-state index < -0.39 is 6.10 Å². The van der Waals surface area contributed by atoms with Gasteiger partial charge in [-0.2, -0.15) is 0 Å². The van der Waals surface area contributed by atoms with Crippen LogP contribution in [-0.4, -0.2) is 55.7 Å². The van der Waals surface area contributed by atoms with E-state index in [-0.39, 0.29) is 5.91 Å². The van der Waals surface area contributed by atoms with E-state index in [0.717, 1.165) is 19.6 Å². The zero-order valence-electron chi connectivity index (χ0n) is 8.95. The number of rotatable bonds is 2. The number of nitrogens with zero attached hydrogens (tertiary/aromatic N) is 1. The van der Waals surface area contributed by atoms with Crippen molar-refractivity contribution in [3.05, 3.63) is 0 Å². The van der Waals surface area contributed by atoms with Crippen LogP contribution in [0.1, 0.15) is 12.8 Å². The molecule has 2 saturated heterocycles. The Morgan fingerprint density at radius 2 is 2.40 bits per heavy atom. The van der Waals surface area contributed by atoms with E-state index in [0.29, 0.717) is 19.2 Å². The van der Waals surface area contributed by atoms with Gasteiger partial charge in [0.2, 0.25) is 5.91 Å². The number of ether oxygens (including phenoxy) is 1. The second-order valence-electron chi connectivity index (χ2n) is 4.26. The molecule has 0 aromatic heterocycles. The molecule has 5 heteroatoms. The number of nitrogens with two attached hydrogens (primary N) is 1. The smallest absolute Gasteiger partial charge is 0.247 e. The molecule has 0 aliphatic carbocycles. The molecule has 0 bridgehead atoms. The molecule has 2 atom stereocenters. The predicted molar refractivity (Wildman–Crippen MR) is 56.4 cm³/mol. The van der Waals surface area contributed by atoms with E-state index in [1.807, 2.05) is 0 Å².